The minimum atomic E-state index is -4.46. The zero-order valence-corrected chi connectivity index (χ0v) is 11.9. The summed E-state index contributed by atoms with van der Waals surface area (Å²) in [4.78, 5) is 7.75. The van der Waals surface area contributed by atoms with Gasteiger partial charge >= 0.3 is 6.18 Å². The van der Waals surface area contributed by atoms with Gasteiger partial charge in [0.25, 0.3) is 0 Å². The van der Waals surface area contributed by atoms with Crippen molar-refractivity contribution in [1.82, 2.24) is 14.3 Å². The van der Waals surface area contributed by atoms with Crippen LogP contribution in [0.25, 0.3) is 0 Å². The van der Waals surface area contributed by atoms with Crippen molar-refractivity contribution >= 4 is 16.7 Å². The van der Waals surface area contributed by atoms with Crippen molar-refractivity contribution in [3.63, 3.8) is 0 Å². The minimum absolute atomic E-state index is 0.360. The van der Waals surface area contributed by atoms with Crippen LogP contribution in [-0.2, 0) is 6.18 Å². The van der Waals surface area contributed by atoms with Gasteiger partial charge in [-0.05, 0) is 25.9 Å². The molecule has 2 heterocycles. The highest BCUT2D eigenvalue weighted by atomic mass is 32.1. The van der Waals surface area contributed by atoms with Gasteiger partial charge in [-0.3, -0.25) is 4.90 Å². The van der Waals surface area contributed by atoms with Crippen molar-refractivity contribution < 1.29 is 13.2 Å². The smallest absolute Gasteiger partial charge is 0.344 e. The Kier molecular flexibility index (Phi) is 5.17. The fourth-order valence-corrected chi connectivity index (χ4v) is 2.84. The fraction of sp³-hybridized carbons (Fsp3) is 0.818. The quantitative estimate of drug-likeness (QED) is 0.834. The molecule has 0 unspecified atom stereocenters. The molecule has 0 amide bonds. The molecule has 1 aromatic rings. The first kappa shape index (κ1) is 15.5. The molecule has 1 aromatic heterocycles. The molecule has 1 saturated heterocycles. The van der Waals surface area contributed by atoms with Crippen LogP contribution < -0.4 is 10.6 Å². The molecule has 20 heavy (non-hydrogen) atoms. The molecule has 0 aliphatic carbocycles. The first-order valence-corrected chi connectivity index (χ1v) is 7.36. The molecular weight excluding hydrogens is 291 g/mol. The lowest BCUT2D eigenvalue weighted by molar-refractivity contribution is -0.144. The first-order chi connectivity index (χ1) is 9.50. The fourth-order valence-electron chi connectivity index (χ4n) is 2.10. The van der Waals surface area contributed by atoms with Gasteiger partial charge in [0.1, 0.15) is 0 Å². The molecule has 5 nitrogen and oxygen atoms in total. The molecule has 0 atom stereocenters. The van der Waals surface area contributed by atoms with E-state index >= 15 is 0 Å². The molecule has 0 bridgehead atoms. The van der Waals surface area contributed by atoms with Crippen LogP contribution in [0.5, 0.6) is 0 Å². The number of hydrogen-bond acceptors (Lipinski definition) is 6. The predicted octanol–water partition coefficient (Wildman–Crippen LogP) is 1.42. The van der Waals surface area contributed by atoms with Gasteiger partial charge in [0.2, 0.25) is 11.0 Å². The van der Waals surface area contributed by atoms with Crippen LogP contribution in [0.2, 0.25) is 0 Å². The Labute approximate surface area is 119 Å². The van der Waals surface area contributed by atoms with Crippen LogP contribution in [0.3, 0.4) is 0 Å². The van der Waals surface area contributed by atoms with Crippen molar-refractivity contribution in [3.8, 4) is 0 Å². The Morgan fingerprint density at radius 1 is 1.15 bits per heavy atom. The SMILES string of the molecule is NCCCCN1CCN(c2nc(C(F)(F)F)ns2)CC1. The summed E-state index contributed by atoms with van der Waals surface area (Å²) in [5.41, 5.74) is 5.45. The molecule has 1 fully saturated rings. The normalized spacial score (nSPS) is 17.7. The summed E-state index contributed by atoms with van der Waals surface area (Å²) in [5.74, 6) is -1.04. The lowest BCUT2D eigenvalue weighted by Crippen LogP contribution is -2.46. The van der Waals surface area contributed by atoms with Crippen molar-refractivity contribution in [1.29, 1.82) is 0 Å². The van der Waals surface area contributed by atoms with Crippen molar-refractivity contribution in [2.24, 2.45) is 5.73 Å². The molecule has 2 N–H and O–H groups in total. The molecule has 0 radical (unpaired) electrons. The largest absolute Gasteiger partial charge is 0.452 e. The van der Waals surface area contributed by atoms with Gasteiger partial charge < -0.3 is 10.6 Å². The second-order valence-electron chi connectivity index (χ2n) is 4.72. The topological polar surface area (TPSA) is 58.3 Å². The maximum atomic E-state index is 12.4. The number of rotatable bonds is 5. The summed E-state index contributed by atoms with van der Waals surface area (Å²) in [6, 6.07) is 0. The van der Waals surface area contributed by atoms with E-state index in [9.17, 15) is 13.2 Å². The Morgan fingerprint density at radius 3 is 2.40 bits per heavy atom. The Bertz CT molecular complexity index is 414. The molecule has 2 rings (SSSR count). The van der Waals surface area contributed by atoms with E-state index in [0.29, 0.717) is 24.8 Å². The number of unbranched alkanes of at least 4 members (excludes halogenated alkanes) is 1. The summed E-state index contributed by atoms with van der Waals surface area (Å²) in [6.07, 6.45) is -2.39. The van der Waals surface area contributed by atoms with Crippen LogP contribution >= 0.6 is 11.5 Å². The molecule has 0 spiro atoms. The van der Waals surface area contributed by atoms with Crippen molar-refractivity contribution in [2.45, 2.75) is 19.0 Å². The highest BCUT2D eigenvalue weighted by Gasteiger charge is 2.36. The van der Waals surface area contributed by atoms with Gasteiger partial charge in [-0.15, -0.1) is 0 Å². The van der Waals surface area contributed by atoms with Gasteiger partial charge in [0.15, 0.2) is 0 Å². The van der Waals surface area contributed by atoms with Gasteiger partial charge in [0, 0.05) is 37.7 Å². The van der Waals surface area contributed by atoms with Gasteiger partial charge in [-0.1, -0.05) is 0 Å². The Morgan fingerprint density at radius 2 is 1.85 bits per heavy atom. The number of piperazine rings is 1. The third-order valence-electron chi connectivity index (χ3n) is 3.24. The van der Waals surface area contributed by atoms with Crippen LogP contribution in [0.4, 0.5) is 18.3 Å². The van der Waals surface area contributed by atoms with Gasteiger partial charge in [-0.25, -0.2) is 0 Å². The molecule has 9 heteroatoms. The number of halogens is 3. The Hall–Kier alpha value is -0.930. The number of alkyl halides is 3. The summed E-state index contributed by atoms with van der Waals surface area (Å²) in [6.45, 7) is 4.75. The van der Waals surface area contributed by atoms with E-state index in [1.807, 2.05) is 4.90 Å². The van der Waals surface area contributed by atoms with E-state index < -0.39 is 12.0 Å². The third kappa shape index (κ3) is 4.03. The molecule has 1 aliphatic heterocycles. The van der Waals surface area contributed by atoms with Crippen molar-refractivity contribution in [2.75, 3.05) is 44.2 Å². The van der Waals surface area contributed by atoms with E-state index in [4.69, 9.17) is 5.73 Å². The highest BCUT2D eigenvalue weighted by molar-refractivity contribution is 7.09. The van der Waals surface area contributed by atoms with Crippen LogP contribution in [0, 0.1) is 0 Å². The summed E-state index contributed by atoms with van der Waals surface area (Å²) < 4.78 is 40.7. The summed E-state index contributed by atoms with van der Waals surface area (Å²) in [5, 5.41) is 0.360. The number of nitrogens with zero attached hydrogens (tertiary/aromatic N) is 4. The zero-order valence-electron chi connectivity index (χ0n) is 11.1. The standard InChI is InChI=1S/C11H18F3N5S/c12-11(13,14)9-16-10(20-17-9)19-7-5-18(6-8-19)4-2-1-3-15/h1-8,15H2. The number of anilines is 1. The third-order valence-corrected chi connectivity index (χ3v) is 4.02. The van der Waals surface area contributed by atoms with Crippen LogP contribution in [0.15, 0.2) is 0 Å². The molecule has 114 valence electrons. The first-order valence-electron chi connectivity index (χ1n) is 6.59. The highest BCUT2D eigenvalue weighted by Crippen LogP contribution is 2.30. The van der Waals surface area contributed by atoms with Gasteiger partial charge in [-0.2, -0.15) is 22.5 Å². The number of hydrogen-bond donors (Lipinski definition) is 1. The lowest BCUT2D eigenvalue weighted by atomic mass is 10.2. The predicted molar refractivity (Wildman–Crippen MR) is 71.9 cm³/mol. The maximum Gasteiger partial charge on any atom is 0.452 e. The van der Waals surface area contributed by atoms with Crippen molar-refractivity contribution in [3.05, 3.63) is 5.82 Å². The average Bonchev–Trinajstić information content (AvgIpc) is 2.89. The van der Waals surface area contributed by atoms with Crippen LogP contribution in [0.1, 0.15) is 18.7 Å². The summed E-state index contributed by atoms with van der Waals surface area (Å²) >= 11 is 0.815. The van der Waals surface area contributed by atoms with Crippen LogP contribution in [-0.4, -0.2) is 53.5 Å². The summed E-state index contributed by atoms with van der Waals surface area (Å²) in [7, 11) is 0. The lowest BCUT2D eigenvalue weighted by Gasteiger charge is -2.34. The second-order valence-corrected chi connectivity index (χ2v) is 5.45. The Balaban J connectivity index is 1.83. The van der Waals surface area contributed by atoms with Gasteiger partial charge in [0.05, 0.1) is 0 Å². The average molecular weight is 309 g/mol. The molecule has 0 aromatic carbocycles. The number of aromatic nitrogens is 2. The molecule has 1 aliphatic rings. The van der Waals surface area contributed by atoms with E-state index in [-0.39, 0.29) is 0 Å². The monoisotopic (exact) mass is 309 g/mol. The maximum absolute atomic E-state index is 12.4. The van der Waals surface area contributed by atoms with E-state index in [1.54, 1.807) is 0 Å². The van der Waals surface area contributed by atoms with E-state index in [2.05, 4.69) is 14.3 Å². The van der Waals surface area contributed by atoms with E-state index in [1.165, 1.54) is 0 Å². The number of nitrogens with two attached hydrogens (primary N) is 1. The second kappa shape index (κ2) is 6.68. The molecular formula is C11H18F3N5S. The minimum Gasteiger partial charge on any atom is -0.344 e. The molecule has 0 saturated carbocycles. The zero-order chi connectivity index (χ0) is 14.6. The van der Waals surface area contributed by atoms with E-state index in [0.717, 1.165) is 44.0 Å².